The molecule has 0 spiro atoms. The monoisotopic (exact) mass is 327 g/mol. The Labute approximate surface area is 123 Å². The van der Waals surface area contributed by atoms with Crippen LogP contribution >= 0.6 is 15.9 Å². The lowest BCUT2D eigenvalue weighted by Crippen LogP contribution is -2.22. The molecule has 1 aliphatic carbocycles. The van der Waals surface area contributed by atoms with Gasteiger partial charge in [-0.1, -0.05) is 35.7 Å². The van der Waals surface area contributed by atoms with Gasteiger partial charge in [0.1, 0.15) is 0 Å². The van der Waals surface area contributed by atoms with Crippen LogP contribution in [0.2, 0.25) is 0 Å². The first kappa shape index (κ1) is 14.7. The zero-order chi connectivity index (χ0) is 13.8. The van der Waals surface area contributed by atoms with Crippen molar-refractivity contribution in [2.24, 2.45) is 5.92 Å². The molecule has 1 N–H and O–H groups in total. The number of ether oxygens (including phenoxy) is 2. The van der Waals surface area contributed by atoms with E-state index in [0.717, 1.165) is 28.4 Å². The highest BCUT2D eigenvalue weighted by Crippen LogP contribution is 2.42. The molecule has 1 atom stereocenters. The first-order chi connectivity index (χ1) is 9.19. The fraction of sp³-hybridized carbons (Fsp3) is 0.600. The molecule has 0 heterocycles. The summed E-state index contributed by atoms with van der Waals surface area (Å²) in [6.45, 7) is 3.12. The summed E-state index contributed by atoms with van der Waals surface area (Å²) in [6, 6.07) is 4.45. The summed E-state index contributed by atoms with van der Waals surface area (Å²) in [7, 11) is 3.34. The van der Waals surface area contributed by atoms with Crippen LogP contribution < -0.4 is 14.8 Å². The Kier molecular flexibility index (Phi) is 5.11. The van der Waals surface area contributed by atoms with E-state index >= 15 is 0 Å². The van der Waals surface area contributed by atoms with E-state index in [-0.39, 0.29) is 0 Å². The van der Waals surface area contributed by atoms with Crippen LogP contribution in [0.25, 0.3) is 0 Å². The van der Waals surface area contributed by atoms with E-state index in [4.69, 9.17) is 9.47 Å². The van der Waals surface area contributed by atoms with E-state index < -0.39 is 0 Å². The Morgan fingerprint density at radius 3 is 2.42 bits per heavy atom. The lowest BCUT2D eigenvalue weighted by atomic mass is 10.0. The second kappa shape index (κ2) is 6.62. The van der Waals surface area contributed by atoms with Gasteiger partial charge in [0.05, 0.1) is 14.2 Å². The van der Waals surface area contributed by atoms with Gasteiger partial charge >= 0.3 is 0 Å². The van der Waals surface area contributed by atoms with Gasteiger partial charge in [0.2, 0.25) is 0 Å². The average molecular weight is 328 g/mol. The number of hydrogen-bond acceptors (Lipinski definition) is 3. The van der Waals surface area contributed by atoms with Crippen molar-refractivity contribution in [3.05, 3.63) is 22.2 Å². The van der Waals surface area contributed by atoms with E-state index in [9.17, 15) is 0 Å². The molecule has 1 saturated carbocycles. The van der Waals surface area contributed by atoms with Crippen LogP contribution in [-0.4, -0.2) is 20.8 Å². The third kappa shape index (κ3) is 3.63. The number of hydrogen-bond donors (Lipinski definition) is 1. The molecule has 0 radical (unpaired) electrons. The second-order valence-electron chi connectivity index (χ2n) is 5.02. The number of rotatable bonds is 7. The van der Waals surface area contributed by atoms with E-state index in [1.165, 1.54) is 24.8 Å². The molecular weight excluding hydrogens is 306 g/mol. The third-order valence-corrected chi connectivity index (χ3v) is 4.28. The molecule has 1 aromatic rings. The average Bonchev–Trinajstić information content (AvgIpc) is 3.22. The first-order valence-electron chi connectivity index (χ1n) is 6.84. The van der Waals surface area contributed by atoms with Gasteiger partial charge in [0.15, 0.2) is 11.5 Å². The predicted molar refractivity (Wildman–Crippen MR) is 81.0 cm³/mol. The summed E-state index contributed by atoms with van der Waals surface area (Å²) in [6.07, 6.45) is 3.93. The molecule has 2 rings (SSSR count). The molecule has 4 heteroatoms. The number of nitrogens with one attached hydrogen (secondary N) is 1. The molecular formula is C15H22BrNO2. The highest BCUT2D eigenvalue weighted by Gasteiger charge is 2.27. The standard InChI is InChI=1S/C15H22BrNO2/c1-4-17-13(7-10-5-6-10)11-8-14(18-2)15(19-3)9-12(11)16/h8-10,13,17H,4-7H2,1-3H3. The van der Waals surface area contributed by atoms with Crippen LogP contribution in [0.3, 0.4) is 0 Å². The van der Waals surface area contributed by atoms with Crippen LogP contribution in [0.5, 0.6) is 11.5 Å². The van der Waals surface area contributed by atoms with Crippen molar-refractivity contribution in [2.75, 3.05) is 20.8 Å². The van der Waals surface area contributed by atoms with Crippen LogP contribution in [-0.2, 0) is 0 Å². The van der Waals surface area contributed by atoms with Gasteiger partial charge in [-0.05, 0) is 36.6 Å². The Hall–Kier alpha value is -0.740. The van der Waals surface area contributed by atoms with Crippen molar-refractivity contribution in [3.63, 3.8) is 0 Å². The molecule has 0 aromatic heterocycles. The van der Waals surface area contributed by atoms with E-state index in [0.29, 0.717) is 6.04 Å². The molecule has 3 nitrogen and oxygen atoms in total. The molecule has 0 saturated heterocycles. The quantitative estimate of drug-likeness (QED) is 0.823. The number of benzene rings is 1. The molecule has 106 valence electrons. The minimum atomic E-state index is 0.381. The molecule has 0 aliphatic heterocycles. The van der Waals surface area contributed by atoms with Crippen LogP contribution in [0.15, 0.2) is 16.6 Å². The van der Waals surface area contributed by atoms with E-state index in [1.54, 1.807) is 14.2 Å². The lowest BCUT2D eigenvalue weighted by molar-refractivity contribution is 0.353. The van der Waals surface area contributed by atoms with Crippen molar-refractivity contribution in [3.8, 4) is 11.5 Å². The summed E-state index contributed by atoms with van der Waals surface area (Å²) >= 11 is 3.66. The smallest absolute Gasteiger partial charge is 0.161 e. The summed E-state index contributed by atoms with van der Waals surface area (Å²) in [4.78, 5) is 0. The topological polar surface area (TPSA) is 30.5 Å². The molecule has 1 unspecified atom stereocenters. The minimum absolute atomic E-state index is 0.381. The molecule has 0 amide bonds. The Bertz CT molecular complexity index is 432. The van der Waals surface area contributed by atoms with Crippen molar-refractivity contribution in [1.82, 2.24) is 5.32 Å². The summed E-state index contributed by atoms with van der Waals surface area (Å²) in [5, 5.41) is 3.57. The van der Waals surface area contributed by atoms with Crippen LogP contribution in [0, 0.1) is 5.92 Å². The Morgan fingerprint density at radius 2 is 1.89 bits per heavy atom. The summed E-state index contributed by atoms with van der Waals surface area (Å²) in [5.41, 5.74) is 1.26. The predicted octanol–water partition coefficient (Wildman–Crippen LogP) is 3.92. The highest BCUT2D eigenvalue weighted by molar-refractivity contribution is 9.10. The summed E-state index contributed by atoms with van der Waals surface area (Å²) < 4.78 is 11.8. The van der Waals surface area contributed by atoms with Crippen molar-refractivity contribution in [1.29, 1.82) is 0 Å². The third-order valence-electron chi connectivity index (χ3n) is 3.59. The lowest BCUT2D eigenvalue weighted by Gasteiger charge is -2.21. The fourth-order valence-corrected chi connectivity index (χ4v) is 2.99. The van der Waals surface area contributed by atoms with Gasteiger partial charge in [0.25, 0.3) is 0 Å². The van der Waals surface area contributed by atoms with Gasteiger partial charge in [0, 0.05) is 10.5 Å². The largest absolute Gasteiger partial charge is 0.493 e. The summed E-state index contributed by atoms with van der Waals surface area (Å²) in [5.74, 6) is 2.43. The minimum Gasteiger partial charge on any atom is -0.493 e. The first-order valence-corrected chi connectivity index (χ1v) is 7.63. The van der Waals surface area contributed by atoms with Crippen molar-refractivity contribution < 1.29 is 9.47 Å². The van der Waals surface area contributed by atoms with E-state index in [2.05, 4.69) is 34.2 Å². The maximum absolute atomic E-state index is 5.41. The molecule has 19 heavy (non-hydrogen) atoms. The SMILES string of the molecule is CCNC(CC1CC1)c1cc(OC)c(OC)cc1Br. The van der Waals surface area contributed by atoms with Gasteiger partial charge in [-0.15, -0.1) is 0 Å². The Balaban J connectivity index is 2.28. The van der Waals surface area contributed by atoms with E-state index in [1.807, 2.05) is 6.07 Å². The maximum atomic E-state index is 5.41. The molecule has 1 fully saturated rings. The Morgan fingerprint density at radius 1 is 1.26 bits per heavy atom. The van der Waals surface area contributed by atoms with Crippen molar-refractivity contribution >= 4 is 15.9 Å². The molecule has 0 bridgehead atoms. The molecule has 1 aromatic carbocycles. The number of halogens is 1. The van der Waals surface area contributed by atoms with Crippen LogP contribution in [0.4, 0.5) is 0 Å². The normalized spacial score (nSPS) is 16.2. The van der Waals surface area contributed by atoms with Gasteiger partial charge in [-0.25, -0.2) is 0 Å². The molecule has 1 aliphatic rings. The van der Waals surface area contributed by atoms with Crippen molar-refractivity contribution in [2.45, 2.75) is 32.2 Å². The van der Waals surface area contributed by atoms with Gasteiger partial charge in [-0.2, -0.15) is 0 Å². The van der Waals surface area contributed by atoms with Gasteiger partial charge < -0.3 is 14.8 Å². The highest BCUT2D eigenvalue weighted by atomic mass is 79.9. The zero-order valence-corrected chi connectivity index (χ0v) is 13.4. The second-order valence-corrected chi connectivity index (χ2v) is 5.87. The van der Waals surface area contributed by atoms with Crippen LogP contribution in [0.1, 0.15) is 37.8 Å². The zero-order valence-electron chi connectivity index (χ0n) is 11.8. The van der Waals surface area contributed by atoms with Gasteiger partial charge in [-0.3, -0.25) is 0 Å². The maximum Gasteiger partial charge on any atom is 0.161 e. The number of methoxy groups -OCH3 is 2. The fourth-order valence-electron chi connectivity index (χ4n) is 2.39.